The molecule has 0 radical (unpaired) electrons. The third-order valence-corrected chi connectivity index (χ3v) is 4.87. The Morgan fingerprint density at radius 2 is 2.00 bits per heavy atom. The van der Waals surface area contributed by atoms with Crippen molar-refractivity contribution in [2.24, 2.45) is 5.41 Å². The van der Waals surface area contributed by atoms with Crippen molar-refractivity contribution in [1.29, 1.82) is 0 Å². The summed E-state index contributed by atoms with van der Waals surface area (Å²) in [7, 11) is 3.26. The molecule has 2 aliphatic heterocycles. The summed E-state index contributed by atoms with van der Waals surface area (Å²) >= 11 is 0. The van der Waals surface area contributed by atoms with Gasteiger partial charge in [-0.25, -0.2) is 0 Å². The van der Waals surface area contributed by atoms with Crippen LogP contribution in [0.5, 0.6) is 5.75 Å². The molecule has 6 nitrogen and oxygen atoms in total. The van der Waals surface area contributed by atoms with E-state index in [2.05, 4.69) is 5.32 Å². The molecule has 1 aromatic carbocycles. The zero-order valence-corrected chi connectivity index (χ0v) is 13.5. The molecule has 2 aliphatic rings. The standard InChI is InChI=1S/C17H22N2O4/c1-22-10-14(12-3-5-13(23-2)6-4-12)19-8-7-17(16(19)21)9-15(20)18-11-17/h3-6,14H,7-11H2,1-2H3,(H,18,20). The number of carbonyl (C=O) groups is 2. The Balaban J connectivity index is 1.83. The monoisotopic (exact) mass is 318 g/mol. The Kier molecular flexibility index (Phi) is 4.26. The van der Waals surface area contributed by atoms with E-state index in [1.807, 2.05) is 29.2 Å². The second-order valence-electron chi connectivity index (χ2n) is 6.23. The van der Waals surface area contributed by atoms with Crippen LogP contribution in [0.3, 0.4) is 0 Å². The lowest BCUT2D eigenvalue weighted by Gasteiger charge is -2.29. The summed E-state index contributed by atoms with van der Waals surface area (Å²) in [4.78, 5) is 26.4. The van der Waals surface area contributed by atoms with Crippen LogP contribution < -0.4 is 10.1 Å². The average molecular weight is 318 g/mol. The van der Waals surface area contributed by atoms with E-state index in [1.54, 1.807) is 14.2 Å². The van der Waals surface area contributed by atoms with Gasteiger partial charge in [0.1, 0.15) is 5.75 Å². The lowest BCUT2D eigenvalue weighted by atomic mass is 9.85. The van der Waals surface area contributed by atoms with Crippen molar-refractivity contribution in [3.63, 3.8) is 0 Å². The van der Waals surface area contributed by atoms with E-state index in [9.17, 15) is 9.59 Å². The van der Waals surface area contributed by atoms with Gasteiger partial charge in [-0.3, -0.25) is 9.59 Å². The molecule has 2 heterocycles. The molecule has 1 spiro atoms. The molecule has 2 fully saturated rings. The average Bonchev–Trinajstić information content (AvgIpc) is 3.10. The Morgan fingerprint density at radius 1 is 1.26 bits per heavy atom. The minimum Gasteiger partial charge on any atom is -0.497 e. The van der Waals surface area contributed by atoms with Gasteiger partial charge in [-0.05, 0) is 24.1 Å². The molecule has 0 aliphatic carbocycles. The Labute approximate surface area is 135 Å². The number of ether oxygens (including phenoxy) is 2. The maximum atomic E-state index is 12.9. The predicted molar refractivity (Wildman–Crippen MR) is 84.0 cm³/mol. The van der Waals surface area contributed by atoms with Gasteiger partial charge in [0, 0.05) is 26.6 Å². The lowest BCUT2D eigenvalue weighted by molar-refractivity contribution is -0.139. The highest BCUT2D eigenvalue weighted by molar-refractivity contribution is 5.94. The van der Waals surface area contributed by atoms with Gasteiger partial charge in [0.05, 0.1) is 25.2 Å². The molecular weight excluding hydrogens is 296 g/mol. The maximum absolute atomic E-state index is 12.9. The third-order valence-electron chi connectivity index (χ3n) is 4.87. The van der Waals surface area contributed by atoms with Crippen molar-refractivity contribution in [2.75, 3.05) is 33.9 Å². The molecule has 0 saturated carbocycles. The fourth-order valence-electron chi connectivity index (χ4n) is 3.52. The molecule has 0 aromatic heterocycles. The Bertz CT molecular complexity index is 601. The van der Waals surface area contributed by atoms with E-state index >= 15 is 0 Å². The van der Waals surface area contributed by atoms with E-state index < -0.39 is 5.41 Å². The van der Waals surface area contributed by atoms with E-state index in [0.717, 1.165) is 11.3 Å². The summed E-state index contributed by atoms with van der Waals surface area (Å²) in [6.07, 6.45) is 1.01. The Morgan fingerprint density at radius 3 is 2.57 bits per heavy atom. The van der Waals surface area contributed by atoms with Crippen LogP contribution in [0, 0.1) is 5.41 Å². The van der Waals surface area contributed by atoms with E-state index in [1.165, 1.54) is 0 Å². The van der Waals surface area contributed by atoms with Gasteiger partial charge in [-0.2, -0.15) is 0 Å². The maximum Gasteiger partial charge on any atom is 0.231 e. The topological polar surface area (TPSA) is 67.9 Å². The van der Waals surface area contributed by atoms with Gasteiger partial charge in [0.15, 0.2) is 0 Å². The first-order chi connectivity index (χ1) is 11.1. The number of nitrogens with one attached hydrogen (secondary N) is 1. The van der Waals surface area contributed by atoms with Crippen LogP contribution in [-0.2, 0) is 14.3 Å². The van der Waals surface area contributed by atoms with Crippen LogP contribution >= 0.6 is 0 Å². The SMILES string of the molecule is COCC(c1ccc(OC)cc1)N1CCC2(CNC(=O)C2)C1=O. The number of carbonyl (C=O) groups excluding carboxylic acids is 2. The number of hydrogen-bond acceptors (Lipinski definition) is 4. The van der Waals surface area contributed by atoms with E-state index in [0.29, 0.717) is 32.5 Å². The third kappa shape index (κ3) is 2.79. The van der Waals surface area contributed by atoms with Gasteiger partial charge < -0.3 is 19.7 Å². The molecule has 6 heteroatoms. The number of benzene rings is 1. The normalized spacial score (nSPS) is 25.0. The van der Waals surface area contributed by atoms with Crippen molar-refractivity contribution >= 4 is 11.8 Å². The van der Waals surface area contributed by atoms with Crippen LogP contribution in [0.4, 0.5) is 0 Å². The number of amides is 2. The largest absolute Gasteiger partial charge is 0.497 e. The summed E-state index contributed by atoms with van der Waals surface area (Å²) in [6.45, 7) is 1.52. The quantitative estimate of drug-likeness (QED) is 0.883. The van der Waals surface area contributed by atoms with Crippen molar-refractivity contribution < 1.29 is 19.1 Å². The first-order valence-electron chi connectivity index (χ1n) is 7.80. The molecule has 124 valence electrons. The summed E-state index contributed by atoms with van der Waals surface area (Å²) in [5.41, 5.74) is 0.450. The van der Waals surface area contributed by atoms with Crippen LogP contribution in [0.25, 0.3) is 0 Å². The summed E-state index contributed by atoms with van der Waals surface area (Å²) in [5.74, 6) is 0.793. The van der Waals surface area contributed by atoms with Crippen LogP contribution in [-0.4, -0.2) is 50.6 Å². The first-order valence-corrected chi connectivity index (χ1v) is 7.80. The summed E-state index contributed by atoms with van der Waals surface area (Å²) in [6, 6.07) is 7.54. The van der Waals surface area contributed by atoms with Crippen molar-refractivity contribution in [3.8, 4) is 5.75 Å². The molecule has 3 rings (SSSR count). The van der Waals surface area contributed by atoms with Gasteiger partial charge in [-0.15, -0.1) is 0 Å². The lowest BCUT2D eigenvalue weighted by Crippen LogP contribution is -2.39. The molecule has 2 amide bonds. The first kappa shape index (κ1) is 15.8. The zero-order valence-electron chi connectivity index (χ0n) is 13.5. The highest BCUT2D eigenvalue weighted by atomic mass is 16.5. The Hall–Kier alpha value is -2.08. The zero-order chi connectivity index (χ0) is 16.4. The number of rotatable bonds is 5. The fraction of sp³-hybridized carbons (Fsp3) is 0.529. The van der Waals surface area contributed by atoms with Crippen molar-refractivity contribution in [3.05, 3.63) is 29.8 Å². The van der Waals surface area contributed by atoms with Gasteiger partial charge >= 0.3 is 0 Å². The van der Waals surface area contributed by atoms with Gasteiger partial charge in [0.2, 0.25) is 11.8 Å². The second kappa shape index (κ2) is 6.20. The molecule has 1 N–H and O–H groups in total. The van der Waals surface area contributed by atoms with Gasteiger partial charge in [0.25, 0.3) is 0 Å². The smallest absolute Gasteiger partial charge is 0.231 e. The molecule has 2 saturated heterocycles. The molecular formula is C17H22N2O4. The van der Waals surface area contributed by atoms with Crippen molar-refractivity contribution in [1.82, 2.24) is 10.2 Å². The van der Waals surface area contributed by atoms with E-state index in [-0.39, 0.29) is 17.9 Å². The molecule has 0 bridgehead atoms. The van der Waals surface area contributed by atoms with Crippen LogP contribution in [0.1, 0.15) is 24.4 Å². The molecule has 23 heavy (non-hydrogen) atoms. The minimum absolute atomic E-state index is 0.0343. The highest BCUT2D eigenvalue weighted by Crippen LogP contribution is 2.41. The number of methoxy groups -OCH3 is 2. The van der Waals surface area contributed by atoms with E-state index in [4.69, 9.17) is 9.47 Å². The number of nitrogens with zero attached hydrogens (tertiary/aromatic N) is 1. The molecule has 2 atom stereocenters. The summed E-state index contributed by atoms with van der Waals surface area (Å²) in [5, 5.41) is 2.79. The fourth-order valence-corrected chi connectivity index (χ4v) is 3.52. The minimum atomic E-state index is -0.560. The molecule has 2 unspecified atom stereocenters. The molecule has 1 aromatic rings. The van der Waals surface area contributed by atoms with Crippen molar-refractivity contribution in [2.45, 2.75) is 18.9 Å². The second-order valence-corrected chi connectivity index (χ2v) is 6.23. The summed E-state index contributed by atoms with van der Waals surface area (Å²) < 4.78 is 10.5. The number of hydrogen-bond donors (Lipinski definition) is 1. The van der Waals surface area contributed by atoms with Crippen LogP contribution in [0.15, 0.2) is 24.3 Å². The highest BCUT2D eigenvalue weighted by Gasteiger charge is 2.52. The van der Waals surface area contributed by atoms with Gasteiger partial charge in [-0.1, -0.05) is 12.1 Å². The predicted octanol–water partition coefficient (Wildman–Crippen LogP) is 1.12. The van der Waals surface area contributed by atoms with Crippen LogP contribution in [0.2, 0.25) is 0 Å². The number of likely N-dealkylation sites (tertiary alicyclic amines) is 1.